The normalized spacial score (nSPS) is 16.0. The van der Waals surface area contributed by atoms with E-state index in [2.05, 4.69) is 20.9 Å². The third-order valence-electron chi connectivity index (χ3n) is 14.8. The van der Waals surface area contributed by atoms with E-state index in [1.165, 1.54) is 29.1 Å². The Morgan fingerprint density at radius 2 is 1.54 bits per heavy atom. The average molecular weight is 1130 g/mol. The molecule has 21 nitrogen and oxygen atoms in total. The maximum absolute atomic E-state index is 14.8. The summed E-state index contributed by atoms with van der Waals surface area (Å²) in [5.74, 6) is -3.84. The SMILES string of the molecule is COc1cc2c(cc1-c1cncc(NC(=O)CCC(=O)NC[C@H](NC(=O)OCC3c4ccccc4-c4ccccc43)C(=O)N3CCN(CCS(=O)(=O)O)CC3)c1)-c1c(c(C(=O)N3CCOCC3(C)C)nn1-c1cc(F)cc(F)c1)CO2. The predicted molar refractivity (Wildman–Crippen MR) is 291 cm³/mol. The number of nitrogens with zero attached hydrogens (tertiary/aromatic N) is 6. The lowest BCUT2D eigenvalue weighted by molar-refractivity contribution is -0.135. The number of aromatic nitrogens is 3. The Morgan fingerprint density at radius 1 is 0.852 bits per heavy atom. The van der Waals surface area contributed by atoms with Gasteiger partial charge in [-0.25, -0.2) is 18.3 Å². The summed E-state index contributed by atoms with van der Waals surface area (Å²) in [6.45, 7) is 5.14. The van der Waals surface area contributed by atoms with Gasteiger partial charge in [-0.2, -0.15) is 13.5 Å². The summed E-state index contributed by atoms with van der Waals surface area (Å²) in [4.78, 5) is 78.0. The zero-order valence-electron chi connectivity index (χ0n) is 44.6. The fourth-order valence-corrected chi connectivity index (χ4v) is 11.2. The molecular weight excluding hydrogens is 1070 g/mol. The van der Waals surface area contributed by atoms with Gasteiger partial charge in [0.05, 0.1) is 54.9 Å². The number of alkyl carbamates (subject to hydrolysis) is 1. The second kappa shape index (κ2) is 23.4. The molecule has 0 unspecified atom stereocenters. The Bertz CT molecular complexity index is 3490. The lowest BCUT2D eigenvalue weighted by atomic mass is 9.95. The standard InChI is InChI=1S/C57H59F2N9O12S/c1-57(2)33-78-20-18-67(57)55(72)52-46-32-79-49-27-48(77-3)43(26-44(49)53(46)68(64-52)38-24-35(58)23-36(59)25-38)34-22-37(29-60-28-34)62-51(70)13-12-50(69)61-30-47(54(71)66-16-14-65(15-17-66)19-21-81(74,75)76)63-56(73)80-31-45-41-10-6-4-8-39(41)40-9-5-7-11-42(40)45/h4-11,22-29,45,47H,12-21,30-33H2,1-3H3,(H,61,69)(H,62,70)(H,63,73)(H,74,75,76)/t47-/m0/s1. The molecule has 5 amide bonds. The van der Waals surface area contributed by atoms with E-state index < -0.39 is 68.8 Å². The van der Waals surface area contributed by atoms with Crippen LogP contribution in [0.15, 0.2) is 97.3 Å². The van der Waals surface area contributed by atoms with Gasteiger partial charge in [0.1, 0.15) is 42.4 Å². The molecule has 0 spiro atoms. The van der Waals surface area contributed by atoms with Gasteiger partial charge in [-0.15, -0.1) is 0 Å². The highest BCUT2D eigenvalue weighted by Gasteiger charge is 2.40. The highest BCUT2D eigenvalue weighted by Crippen LogP contribution is 2.47. The van der Waals surface area contributed by atoms with Crippen LogP contribution >= 0.6 is 0 Å². The highest BCUT2D eigenvalue weighted by molar-refractivity contribution is 7.85. The molecule has 1 aliphatic carbocycles. The first kappa shape index (κ1) is 56.0. The molecule has 24 heteroatoms. The van der Waals surface area contributed by atoms with Crippen LogP contribution in [0.4, 0.5) is 19.3 Å². The first-order chi connectivity index (χ1) is 38.8. The van der Waals surface area contributed by atoms with Crippen molar-refractivity contribution in [3.8, 4) is 50.7 Å². The fourth-order valence-electron chi connectivity index (χ4n) is 10.7. The number of anilines is 1. The molecule has 2 saturated heterocycles. The molecule has 2 aromatic heterocycles. The van der Waals surface area contributed by atoms with E-state index in [0.29, 0.717) is 59.1 Å². The van der Waals surface area contributed by atoms with Crippen LogP contribution in [-0.4, -0.2) is 162 Å². The van der Waals surface area contributed by atoms with E-state index in [0.717, 1.165) is 40.5 Å². The van der Waals surface area contributed by atoms with E-state index in [-0.39, 0.29) is 88.4 Å². The van der Waals surface area contributed by atoms with Crippen LogP contribution in [0.5, 0.6) is 11.5 Å². The van der Waals surface area contributed by atoms with E-state index in [1.54, 1.807) is 28.0 Å². The van der Waals surface area contributed by atoms with Crippen molar-refractivity contribution in [1.82, 2.24) is 40.1 Å². The number of morpholine rings is 1. The maximum atomic E-state index is 14.8. The van der Waals surface area contributed by atoms with Crippen LogP contribution in [0.1, 0.15) is 59.8 Å². The van der Waals surface area contributed by atoms with Crippen molar-refractivity contribution in [2.75, 3.05) is 83.8 Å². The molecule has 4 aliphatic rings. The number of halogens is 2. The van der Waals surface area contributed by atoms with Crippen molar-refractivity contribution < 1.29 is 64.7 Å². The van der Waals surface area contributed by atoms with Crippen LogP contribution in [0, 0.1) is 11.6 Å². The zero-order valence-corrected chi connectivity index (χ0v) is 45.4. The van der Waals surface area contributed by atoms with Gasteiger partial charge in [-0.1, -0.05) is 48.5 Å². The minimum atomic E-state index is -4.20. The van der Waals surface area contributed by atoms with Gasteiger partial charge in [0.2, 0.25) is 17.7 Å². The van der Waals surface area contributed by atoms with Crippen LogP contribution in [0.3, 0.4) is 0 Å². The summed E-state index contributed by atoms with van der Waals surface area (Å²) >= 11 is 0. The number of pyridine rings is 1. The lowest BCUT2D eigenvalue weighted by Crippen LogP contribution is -2.58. The average Bonchev–Trinajstić information content (AvgIpc) is 3.31. The second-order valence-corrected chi connectivity index (χ2v) is 22.2. The maximum Gasteiger partial charge on any atom is 0.407 e. The van der Waals surface area contributed by atoms with E-state index in [1.807, 2.05) is 62.4 Å². The van der Waals surface area contributed by atoms with Gasteiger partial charge in [-0.05, 0) is 60.4 Å². The van der Waals surface area contributed by atoms with Crippen molar-refractivity contribution in [2.24, 2.45) is 0 Å². The summed E-state index contributed by atoms with van der Waals surface area (Å²) in [5, 5.41) is 12.8. The van der Waals surface area contributed by atoms with Crippen LogP contribution < -0.4 is 25.4 Å². The largest absolute Gasteiger partial charge is 0.496 e. The third-order valence-corrected chi connectivity index (χ3v) is 15.5. The number of benzene rings is 4. The molecule has 424 valence electrons. The second-order valence-electron chi connectivity index (χ2n) is 20.7. The summed E-state index contributed by atoms with van der Waals surface area (Å²) in [6.07, 6.45) is 1.44. The Hall–Kier alpha value is -8.32. The smallest absolute Gasteiger partial charge is 0.407 e. The van der Waals surface area contributed by atoms with Gasteiger partial charge >= 0.3 is 6.09 Å². The predicted octanol–water partition coefficient (Wildman–Crippen LogP) is 5.81. The number of methoxy groups -OCH3 is 1. The molecule has 81 heavy (non-hydrogen) atoms. The zero-order chi connectivity index (χ0) is 57.2. The Kier molecular flexibility index (Phi) is 16.2. The molecular formula is C57H59F2N9O12S. The van der Waals surface area contributed by atoms with Crippen LogP contribution in [0.2, 0.25) is 0 Å². The van der Waals surface area contributed by atoms with Gasteiger partial charge < -0.3 is 44.7 Å². The summed E-state index contributed by atoms with van der Waals surface area (Å²) in [6, 6.07) is 22.3. The van der Waals surface area contributed by atoms with Crippen LogP contribution in [0.25, 0.3) is 39.2 Å². The van der Waals surface area contributed by atoms with Crippen molar-refractivity contribution in [1.29, 1.82) is 0 Å². The molecule has 4 aromatic carbocycles. The van der Waals surface area contributed by atoms with E-state index in [9.17, 15) is 45.7 Å². The number of fused-ring (bicyclic) bond motifs is 6. The molecule has 5 heterocycles. The topological polar surface area (TPSA) is 253 Å². The number of amides is 5. The van der Waals surface area contributed by atoms with Gasteiger partial charge in [0.25, 0.3) is 16.0 Å². The third kappa shape index (κ3) is 12.4. The Labute approximate surface area is 465 Å². The minimum Gasteiger partial charge on any atom is -0.496 e. The molecule has 0 saturated carbocycles. The summed E-state index contributed by atoms with van der Waals surface area (Å²) < 4.78 is 86.4. The summed E-state index contributed by atoms with van der Waals surface area (Å²) in [5.41, 5.74) is 5.76. The van der Waals surface area contributed by atoms with Crippen LogP contribution in [-0.2, 0) is 40.6 Å². The number of carbonyl (C=O) groups is 5. The highest BCUT2D eigenvalue weighted by atomic mass is 32.2. The Morgan fingerprint density at radius 3 is 2.22 bits per heavy atom. The van der Waals surface area contributed by atoms with Crippen molar-refractivity contribution in [2.45, 2.75) is 50.8 Å². The molecule has 10 rings (SSSR count). The lowest BCUT2D eigenvalue weighted by Gasteiger charge is -2.41. The van der Waals surface area contributed by atoms with Gasteiger partial charge in [0, 0.05) is 105 Å². The molecule has 2 fully saturated rings. The van der Waals surface area contributed by atoms with Gasteiger partial charge in [-0.3, -0.25) is 33.6 Å². The van der Waals surface area contributed by atoms with Crippen molar-refractivity contribution in [3.05, 3.63) is 131 Å². The summed E-state index contributed by atoms with van der Waals surface area (Å²) in [7, 11) is -2.74. The number of hydrogen-bond acceptors (Lipinski definition) is 14. The van der Waals surface area contributed by atoms with Crippen molar-refractivity contribution >= 4 is 45.5 Å². The number of nitrogens with one attached hydrogen (secondary N) is 3. The monoisotopic (exact) mass is 1130 g/mol. The number of piperazine rings is 1. The van der Waals surface area contributed by atoms with E-state index >= 15 is 0 Å². The van der Waals surface area contributed by atoms with E-state index in [4.69, 9.17) is 24.0 Å². The number of hydrogen-bond donors (Lipinski definition) is 4. The number of rotatable bonds is 17. The molecule has 6 aromatic rings. The minimum absolute atomic E-state index is 0.0251. The molecule has 3 aliphatic heterocycles. The number of ether oxygens (including phenoxy) is 4. The molecule has 1 atom stereocenters. The first-order valence-corrected chi connectivity index (χ1v) is 27.9. The first-order valence-electron chi connectivity index (χ1n) is 26.3. The number of carbonyl (C=O) groups excluding carboxylic acids is 5. The molecule has 4 N–H and O–H groups in total. The fraction of sp³-hybridized carbons (Fsp3) is 0.351. The molecule has 0 bridgehead atoms. The molecule has 0 radical (unpaired) electrons. The quantitative estimate of drug-likeness (QED) is 0.0787. The van der Waals surface area contributed by atoms with Crippen molar-refractivity contribution in [3.63, 3.8) is 0 Å². The van der Waals surface area contributed by atoms with Gasteiger partial charge in [0.15, 0.2) is 5.69 Å². The Balaban J connectivity index is 0.818.